The SMILES string of the molecule is Cc1ccc(NCC(=O)Nc2ccccc2C)cc1C. The third-order valence-corrected chi connectivity index (χ3v) is 3.38. The average Bonchev–Trinajstić information content (AvgIpc) is 2.43. The Morgan fingerprint density at radius 1 is 0.950 bits per heavy atom. The van der Waals surface area contributed by atoms with E-state index in [-0.39, 0.29) is 12.5 Å². The van der Waals surface area contributed by atoms with Gasteiger partial charge >= 0.3 is 0 Å². The number of hydrogen-bond donors (Lipinski definition) is 2. The summed E-state index contributed by atoms with van der Waals surface area (Å²) in [6.07, 6.45) is 0. The maximum absolute atomic E-state index is 11.9. The summed E-state index contributed by atoms with van der Waals surface area (Å²) < 4.78 is 0. The van der Waals surface area contributed by atoms with E-state index in [1.165, 1.54) is 11.1 Å². The van der Waals surface area contributed by atoms with Gasteiger partial charge in [-0.25, -0.2) is 0 Å². The number of aryl methyl sites for hydroxylation is 3. The maximum Gasteiger partial charge on any atom is 0.243 e. The summed E-state index contributed by atoms with van der Waals surface area (Å²) in [6.45, 7) is 6.38. The Morgan fingerprint density at radius 2 is 1.70 bits per heavy atom. The van der Waals surface area contributed by atoms with E-state index in [2.05, 4.69) is 36.6 Å². The van der Waals surface area contributed by atoms with E-state index in [9.17, 15) is 4.79 Å². The summed E-state index contributed by atoms with van der Waals surface area (Å²) in [5.41, 5.74) is 5.36. The predicted molar refractivity (Wildman–Crippen MR) is 84.2 cm³/mol. The Labute approximate surface area is 120 Å². The third kappa shape index (κ3) is 3.60. The van der Waals surface area contributed by atoms with Crippen LogP contribution in [-0.4, -0.2) is 12.5 Å². The highest BCUT2D eigenvalue weighted by Gasteiger charge is 2.04. The largest absolute Gasteiger partial charge is 0.376 e. The molecule has 0 atom stereocenters. The second-order valence-corrected chi connectivity index (χ2v) is 5.02. The molecule has 2 rings (SSSR count). The molecule has 0 aliphatic heterocycles. The molecule has 2 aromatic rings. The molecule has 20 heavy (non-hydrogen) atoms. The van der Waals surface area contributed by atoms with E-state index >= 15 is 0 Å². The average molecular weight is 268 g/mol. The van der Waals surface area contributed by atoms with Gasteiger partial charge in [0.15, 0.2) is 0 Å². The number of anilines is 2. The van der Waals surface area contributed by atoms with Gasteiger partial charge in [0.05, 0.1) is 6.54 Å². The van der Waals surface area contributed by atoms with Gasteiger partial charge < -0.3 is 10.6 Å². The summed E-state index contributed by atoms with van der Waals surface area (Å²) in [5, 5.41) is 6.05. The molecule has 0 aliphatic carbocycles. The van der Waals surface area contributed by atoms with Gasteiger partial charge in [-0.1, -0.05) is 24.3 Å². The number of carbonyl (C=O) groups is 1. The molecule has 0 heterocycles. The van der Waals surface area contributed by atoms with Crippen molar-refractivity contribution in [1.29, 1.82) is 0 Å². The first-order valence-electron chi connectivity index (χ1n) is 6.73. The van der Waals surface area contributed by atoms with E-state index in [1.54, 1.807) is 0 Å². The normalized spacial score (nSPS) is 10.2. The Bertz CT molecular complexity index is 620. The van der Waals surface area contributed by atoms with Crippen molar-refractivity contribution >= 4 is 17.3 Å². The zero-order chi connectivity index (χ0) is 14.5. The van der Waals surface area contributed by atoms with Gasteiger partial charge in [0.25, 0.3) is 0 Å². The lowest BCUT2D eigenvalue weighted by atomic mass is 10.1. The zero-order valence-electron chi connectivity index (χ0n) is 12.2. The van der Waals surface area contributed by atoms with Crippen LogP contribution < -0.4 is 10.6 Å². The Balaban J connectivity index is 1.92. The van der Waals surface area contributed by atoms with Crippen molar-refractivity contribution in [3.8, 4) is 0 Å². The van der Waals surface area contributed by atoms with Gasteiger partial charge in [0.2, 0.25) is 5.91 Å². The molecule has 0 bridgehead atoms. The van der Waals surface area contributed by atoms with Gasteiger partial charge in [0.1, 0.15) is 0 Å². The van der Waals surface area contributed by atoms with Crippen LogP contribution in [0.5, 0.6) is 0 Å². The lowest BCUT2D eigenvalue weighted by Gasteiger charge is -2.10. The molecule has 2 aromatic carbocycles. The van der Waals surface area contributed by atoms with Crippen LogP contribution >= 0.6 is 0 Å². The molecule has 0 fully saturated rings. The predicted octanol–water partition coefficient (Wildman–Crippen LogP) is 3.66. The quantitative estimate of drug-likeness (QED) is 0.888. The van der Waals surface area contributed by atoms with E-state index in [1.807, 2.05) is 37.3 Å². The number of benzene rings is 2. The van der Waals surface area contributed by atoms with Gasteiger partial charge in [-0.2, -0.15) is 0 Å². The first kappa shape index (κ1) is 14.1. The van der Waals surface area contributed by atoms with Crippen LogP contribution in [0.3, 0.4) is 0 Å². The summed E-state index contributed by atoms with van der Waals surface area (Å²) in [5.74, 6) is -0.0440. The molecule has 0 unspecified atom stereocenters. The van der Waals surface area contributed by atoms with E-state index in [0.29, 0.717) is 0 Å². The molecule has 0 spiro atoms. The van der Waals surface area contributed by atoms with Gasteiger partial charge in [0, 0.05) is 11.4 Å². The number of para-hydroxylation sites is 1. The molecule has 1 amide bonds. The van der Waals surface area contributed by atoms with E-state index in [0.717, 1.165) is 16.9 Å². The molecular weight excluding hydrogens is 248 g/mol. The van der Waals surface area contributed by atoms with Crippen LogP contribution in [0, 0.1) is 20.8 Å². The molecular formula is C17H20N2O. The Morgan fingerprint density at radius 3 is 2.40 bits per heavy atom. The molecule has 3 heteroatoms. The lowest BCUT2D eigenvalue weighted by Crippen LogP contribution is -2.22. The van der Waals surface area contributed by atoms with Gasteiger partial charge in [-0.05, 0) is 55.7 Å². The van der Waals surface area contributed by atoms with Gasteiger partial charge in [-0.3, -0.25) is 4.79 Å². The highest BCUT2D eigenvalue weighted by Crippen LogP contribution is 2.15. The van der Waals surface area contributed by atoms with Crippen LogP contribution in [0.2, 0.25) is 0 Å². The van der Waals surface area contributed by atoms with Crippen molar-refractivity contribution in [1.82, 2.24) is 0 Å². The van der Waals surface area contributed by atoms with Crippen molar-refractivity contribution in [2.45, 2.75) is 20.8 Å². The van der Waals surface area contributed by atoms with Crippen molar-refractivity contribution < 1.29 is 4.79 Å². The molecule has 0 saturated heterocycles. The second-order valence-electron chi connectivity index (χ2n) is 5.02. The number of hydrogen-bond acceptors (Lipinski definition) is 2. The monoisotopic (exact) mass is 268 g/mol. The standard InChI is InChI=1S/C17H20N2O/c1-12-8-9-15(10-14(12)3)18-11-17(20)19-16-7-5-4-6-13(16)2/h4-10,18H,11H2,1-3H3,(H,19,20). The molecule has 0 aliphatic rings. The third-order valence-electron chi connectivity index (χ3n) is 3.38. The first-order chi connectivity index (χ1) is 9.56. The van der Waals surface area contributed by atoms with Crippen molar-refractivity contribution in [3.63, 3.8) is 0 Å². The maximum atomic E-state index is 11.9. The van der Waals surface area contributed by atoms with E-state index < -0.39 is 0 Å². The molecule has 0 saturated carbocycles. The topological polar surface area (TPSA) is 41.1 Å². The van der Waals surface area contributed by atoms with Crippen molar-refractivity contribution in [3.05, 3.63) is 59.2 Å². The highest BCUT2D eigenvalue weighted by molar-refractivity contribution is 5.94. The molecule has 0 aromatic heterocycles. The highest BCUT2D eigenvalue weighted by atomic mass is 16.1. The van der Waals surface area contributed by atoms with Crippen LogP contribution in [0.1, 0.15) is 16.7 Å². The fourth-order valence-corrected chi connectivity index (χ4v) is 1.94. The molecule has 3 nitrogen and oxygen atoms in total. The van der Waals surface area contributed by atoms with Crippen molar-refractivity contribution in [2.75, 3.05) is 17.2 Å². The van der Waals surface area contributed by atoms with Crippen molar-refractivity contribution in [2.24, 2.45) is 0 Å². The first-order valence-corrected chi connectivity index (χ1v) is 6.73. The Hall–Kier alpha value is -2.29. The van der Waals surface area contributed by atoms with Crippen LogP contribution in [0.25, 0.3) is 0 Å². The zero-order valence-corrected chi connectivity index (χ0v) is 12.2. The summed E-state index contributed by atoms with van der Waals surface area (Å²) in [7, 11) is 0. The minimum atomic E-state index is -0.0440. The van der Waals surface area contributed by atoms with Crippen LogP contribution in [0.15, 0.2) is 42.5 Å². The number of amides is 1. The number of carbonyl (C=O) groups excluding carboxylic acids is 1. The lowest BCUT2D eigenvalue weighted by molar-refractivity contribution is -0.114. The van der Waals surface area contributed by atoms with E-state index in [4.69, 9.17) is 0 Å². The molecule has 0 radical (unpaired) electrons. The summed E-state index contributed by atoms with van der Waals surface area (Å²) in [4.78, 5) is 11.9. The van der Waals surface area contributed by atoms with Crippen LogP contribution in [0.4, 0.5) is 11.4 Å². The second kappa shape index (κ2) is 6.24. The molecule has 2 N–H and O–H groups in total. The summed E-state index contributed by atoms with van der Waals surface area (Å²) >= 11 is 0. The smallest absolute Gasteiger partial charge is 0.243 e. The fraction of sp³-hybridized carbons (Fsp3) is 0.235. The number of rotatable bonds is 4. The minimum absolute atomic E-state index is 0.0440. The minimum Gasteiger partial charge on any atom is -0.376 e. The summed E-state index contributed by atoms with van der Waals surface area (Å²) in [6, 6.07) is 13.9. The Kier molecular flexibility index (Phi) is 4.41. The number of nitrogens with one attached hydrogen (secondary N) is 2. The van der Waals surface area contributed by atoms with Crippen LogP contribution in [-0.2, 0) is 4.79 Å². The van der Waals surface area contributed by atoms with Gasteiger partial charge in [-0.15, -0.1) is 0 Å². The fourth-order valence-electron chi connectivity index (χ4n) is 1.94. The molecule has 104 valence electrons.